The van der Waals surface area contributed by atoms with Crippen LogP contribution in [0.1, 0.15) is 36.8 Å². The van der Waals surface area contributed by atoms with Crippen LogP contribution in [0.15, 0.2) is 67.0 Å². The first-order valence-corrected chi connectivity index (χ1v) is 9.74. The number of nitrogens with one attached hydrogen (secondary N) is 1. The zero-order chi connectivity index (χ0) is 20.6. The van der Waals surface area contributed by atoms with Gasteiger partial charge in [0.25, 0.3) is 5.91 Å². The Hall–Kier alpha value is -3.41. The molecule has 6 heteroatoms. The maximum Gasteiger partial charge on any atom is 0.275 e. The second kappa shape index (κ2) is 9.68. The molecule has 0 unspecified atom stereocenters. The molecule has 0 saturated carbocycles. The van der Waals surface area contributed by atoms with E-state index in [2.05, 4.69) is 39.2 Å². The second-order valence-corrected chi connectivity index (χ2v) is 6.88. The second-order valence-electron chi connectivity index (χ2n) is 6.88. The van der Waals surface area contributed by atoms with Gasteiger partial charge in [-0.15, -0.1) is 0 Å². The molecule has 1 aromatic heterocycles. The van der Waals surface area contributed by atoms with Crippen molar-refractivity contribution in [3.8, 4) is 5.75 Å². The molecule has 0 aliphatic carbocycles. The van der Waals surface area contributed by atoms with E-state index in [0.29, 0.717) is 11.4 Å². The Bertz CT molecular complexity index is 927. The van der Waals surface area contributed by atoms with Crippen molar-refractivity contribution in [3.05, 3.63) is 78.2 Å². The summed E-state index contributed by atoms with van der Waals surface area (Å²) in [5.74, 6) is 1.03. The predicted molar refractivity (Wildman–Crippen MR) is 115 cm³/mol. The van der Waals surface area contributed by atoms with Gasteiger partial charge in [0, 0.05) is 13.1 Å². The van der Waals surface area contributed by atoms with Crippen molar-refractivity contribution >= 4 is 17.4 Å². The number of nitrogens with zero attached hydrogens (tertiary/aromatic N) is 3. The van der Waals surface area contributed by atoms with E-state index < -0.39 is 0 Å². The number of carbonyl (C=O) groups is 1. The maximum absolute atomic E-state index is 12.6. The van der Waals surface area contributed by atoms with Crippen molar-refractivity contribution in [3.63, 3.8) is 0 Å². The van der Waals surface area contributed by atoms with Gasteiger partial charge in [0.15, 0.2) is 0 Å². The molecule has 0 aliphatic rings. The van der Waals surface area contributed by atoms with Crippen LogP contribution < -0.4 is 15.0 Å². The van der Waals surface area contributed by atoms with Crippen molar-refractivity contribution in [1.82, 2.24) is 9.97 Å². The van der Waals surface area contributed by atoms with Crippen LogP contribution >= 0.6 is 0 Å². The normalized spacial score (nSPS) is 10.6. The molecule has 0 saturated heterocycles. The van der Waals surface area contributed by atoms with Gasteiger partial charge in [0.1, 0.15) is 17.3 Å². The van der Waals surface area contributed by atoms with E-state index in [4.69, 9.17) is 4.74 Å². The summed E-state index contributed by atoms with van der Waals surface area (Å²) in [4.78, 5) is 23.5. The smallest absolute Gasteiger partial charge is 0.275 e. The topological polar surface area (TPSA) is 67.4 Å². The zero-order valence-corrected chi connectivity index (χ0v) is 17.0. The van der Waals surface area contributed by atoms with E-state index in [1.807, 2.05) is 50.2 Å². The van der Waals surface area contributed by atoms with Crippen LogP contribution in [0.4, 0.5) is 11.5 Å². The lowest BCUT2D eigenvalue weighted by molar-refractivity contribution is 0.102. The van der Waals surface area contributed by atoms with Crippen LogP contribution in [0.25, 0.3) is 0 Å². The highest BCUT2D eigenvalue weighted by atomic mass is 16.5. The van der Waals surface area contributed by atoms with Gasteiger partial charge < -0.3 is 15.0 Å². The van der Waals surface area contributed by atoms with E-state index in [9.17, 15) is 4.79 Å². The van der Waals surface area contributed by atoms with Gasteiger partial charge in [0.2, 0.25) is 0 Å². The standard InChI is InChI=1S/C23H26N4O2/c1-4-27(16-18-10-6-5-7-11-18)22-15-24-20(14-25-22)23(28)26-19-12-8-9-13-21(19)29-17(2)3/h5-15,17H,4,16H2,1-3H3,(H,26,28). The molecule has 3 rings (SSSR count). The molecule has 1 heterocycles. The number of amides is 1. The molecule has 0 atom stereocenters. The number of anilines is 2. The minimum absolute atomic E-state index is 0.0109. The van der Waals surface area contributed by atoms with Crippen molar-refractivity contribution in [1.29, 1.82) is 0 Å². The lowest BCUT2D eigenvalue weighted by Gasteiger charge is -2.21. The van der Waals surface area contributed by atoms with E-state index in [1.165, 1.54) is 11.8 Å². The molecular formula is C23H26N4O2. The van der Waals surface area contributed by atoms with Crippen LogP contribution in [0, 0.1) is 0 Å². The molecule has 0 aliphatic heterocycles. The van der Waals surface area contributed by atoms with Crippen LogP contribution in [-0.2, 0) is 6.54 Å². The van der Waals surface area contributed by atoms with E-state index in [-0.39, 0.29) is 17.7 Å². The Labute approximate surface area is 171 Å². The quantitative estimate of drug-likeness (QED) is 0.611. The molecule has 6 nitrogen and oxygen atoms in total. The first kappa shape index (κ1) is 20.3. The summed E-state index contributed by atoms with van der Waals surface area (Å²) in [5, 5.41) is 2.85. The first-order valence-electron chi connectivity index (χ1n) is 9.74. The van der Waals surface area contributed by atoms with Gasteiger partial charge >= 0.3 is 0 Å². The molecule has 0 fully saturated rings. The molecule has 0 bridgehead atoms. The summed E-state index contributed by atoms with van der Waals surface area (Å²) in [7, 11) is 0. The van der Waals surface area contributed by atoms with E-state index >= 15 is 0 Å². The van der Waals surface area contributed by atoms with Gasteiger partial charge in [-0.25, -0.2) is 9.97 Å². The number of ether oxygens (including phenoxy) is 1. The summed E-state index contributed by atoms with van der Waals surface area (Å²) in [6, 6.07) is 17.5. The molecule has 1 amide bonds. The van der Waals surface area contributed by atoms with Gasteiger partial charge in [-0.2, -0.15) is 0 Å². The number of benzene rings is 2. The molecule has 0 spiro atoms. The van der Waals surface area contributed by atoms with Crippen LogP contribution in [0.5, 0.6) is 5.75 Å². The maximum atomic E-state index is 12.6. The summed E-state index contributed by atoms with van der Waals surface area (Å²) < 4.78 is 5.75. The third-order valence-electron chi connectivity index (χ3n) is 4.29. The third kappa shape index (κ3) is 5.54. The average molecular weight is 390 g/mol. The number of para-hydroxylation sites is 2. The lowest BCUT2D eigenvalue weighted by atomic mass is 10.2. The highest BCUT2D eigenvalue weighted by Crippen LogP contribution is 2.25. The Morgan fingerprint density at radius 3 is 2.41 bits per heavy atom. The summed E-state index contributed by atoms with van der Waals surface area (Å²) in [6.45, 7) is 7.47. The lowest BCUT2D eigenvalue weighted by Crippen LogP contribution is -2.24. The van der Waals surface area contributed by atoms with Gasteiger partial charge in [-0.05, 0) is 38.5 Å². The monoisotopic (exact) mass is 390 g/mol. The summed E-state index contributed by atoms with van der Waals surface area (Å²) >= 11 is 0. The Morgan fingerprint density at radius 2 is 1.76 bits per heavy atom. The first-order chi connectivity index (χ1) is 14.1. The number of hydrogen-bond donors (Lipinski definition) is 1. The molecule has 1 N–H and O–H groups in total. The van der Waals surface area contributed by atoms with E-state index in [0.717, 1.165) is 18.9 Å². The molecule has 150 valence electrons. The highest BCUT2D eigenvalue weighted by molar-refractivity contribution is 6.03. The van der Waals surface area contributed by atoms with E-state index in [1.54, 1.807) is 12.3 Å². The van der Waals surface area contributed by atoms with Gasteiger partial charge in [-0.3, -0.25) is 4.79 Å². The predicted octanol–water partition coefficient (Wildman–Crippen LogP) is 4.54. The zero-order valence-electron chi connectivity index (χ0n) is 17.0. The Morgan fingerprint density at radius 1 is 1.03 bits per heavy atom. The fourth-order valence-electron chi connectivity index (χ4n) is 2.87. The summed E-state index contributed by atoms with van der Waals surface area (Å²) in [6.07, 6.45) is 3.15. The van der Waals surface area contributed by atoms with Crippen molar-refractivity contribution in [2.24, 2.45) is 0 Å². The average Bonchev–Trinajstić information content (AvgIpc) is 2.74. The van der Waals surface area contributed by atoms with Crippen molar-refractivity contribution in [2.45, 2.75) is 33.4 Å². The Balaban J connectivity index is 1.70. The number of hydrogen-bond acceptors (Lipinski definition) is 5. The van der Waals surface area contributed by atoms with Crippen LogP contribution in [0.3, 0.4) is 0 Å². The SMILES string of the molecule is CCN(Cc1ccccc1)c1cnc(C(=O)Nc2ccccc2OC(C)C)cn1. The number of carbonyl (C=O) groups excluding carboxylic acids is 1. The summed E-state index contributed by atoms with van der Waals surface area (Å²) in [5.41, 5.74) is 2.06. The molecular weight excluding hydrogens is 364 g/mol. The van der Waals surface area contributed by atoms with Gasteiger partial charge in [0.05, 0.1) is 24.2 Å². The largest absolute Gasteiger partial charge is 0.489 e. The number of rotatable bonds is 8. The molecule has 2 aromatic carbocycles. The Kier molecular flexibility index (Phi) is 6.79. The number of aromatic nitrogens is 2. The molecule has 29 heavy (non-hydrogen) atoms. The van der Waals surface area contributed by atoms with Gasteiger partial charge in [-0.1, -0.05) is 42.5 Å². The highest BCUT2D eigenvalue weighted by Gasteiger charge is 2.14. The van der Waals surface area contributed by atoms with Crippen LogP contribution in [0.2, 0.25) is 0 Å². The fraction of sp³-hybridized carbons (Fsp3) is 0.261. The fourth-order valence-corrected chi connectivity index (χ4v) is 2.87. The molecule has 3 aromatic rings. The minimum atomic E-state index is -0.324. The van der Waals surface area contributed by atoms with Crippen molar-refractivity contribution in [2.75, 3.05) is 16.8 Å². The minimum Gasteiger partial charge on any atom is -0.489 e. The molecule has 0 radical (unpaired) electrons. The van der Waals surface area contributed by atoms with Crippen LogP contribution in [-0.4, -0.2) is 28.5 Å². The third-order valence-corrected chi connectivity index (χ3v) is 4.29. The van der Waals surface area contributed by atoms with Crippen molar-refractivity contribution < 1.29 is 9.53 Å².